The third kappa shape index (κ3) is 1.14. The Morgan fingerprint density at radius 1 is 1.46 bits per heavy atom. The quantitative estimate of drug-likeness (QED) is 0.713. The number of thiophene rings is 1. The van der Waals surface area contributed by atoms with Crippen LogP contribution >= 0.6 is 11.3 Å². The molecule has 0 unspecified atom stereocenters. The SMILES string of the molecule is COc1csc2c(F)ccc(N)c12. The molecule has 1 aromatic carbocycles. The number of halogens is 1. The van der Waals surface area contributed by atoms with Crippen molar-refractivity contribution in [3.05, 3.63) is 23.3 Å². The topological polar surface area (TPSA) is 35.2 Å². The smallest absolute Gasteiger partial charge is 0.141 e. The molecular weight excluding hydrogens is 189 g/mol. The van der Waals surface area contributed by atoms with Crippen LogP contribution in [0.1, 0.15) is 0 Å². The van der Waals surface area contributed by atoms with Crippen molar-refractivity contribution in [2.24, 2.45) is 0 Å². The summed E-state index contributed by atoms with van der Waals surface area (Å²) in [6.07, 6.45) is 0. The van der Waals surface area contributed by atoms with Crippen LogP contribution in [0.25, 0.3) is 10.1 Å². The van der Waals surface area contributed by atoms with Gasteiger partial charge in [0.25, 0.3) is 0 Å². The average Bonchev–Trinajstić information content (AvgIpc) is 2.56. The van der Waals surface area contributed by atoms with E-state index in [0.29, 0.717) is 21.5 Å². The van der Waals surface area contributed by atoms with Gasteiger partial charge in [0.05, 0.1) is 17.2 Å². The maximum Gasteiger partial charge on any atom is 0.141 e. The van der Waals surface area contributed by atoms with Crippen molar-refractivity contribution in [2.45, 2.75) is 0 Å². The van der Waals surface area contributed by atoms with Gasteiger partial charge in [0.1, 0.15) is 11.6 Å². The molecule has 2 nitrogen and oxygen atoms in total. The molecular formula is C9H8FNOS. The molecule has 0 atom stereocenters. The van der Waals surface area contributed by atoms with Gasteiger partial charge in [-0.25, -0.2) is 4.39 Å². The largest absolute Gasteiger partial charge is 0.495 e. The molecule has 4 heteroatoms. The zero-order chi connectivity index (χ0) is 9.42. The Hall–Kier alpha value is -1.29. The second-order valence-electron chi connectivity index (χ2n) is 2.64. The minimum atomic E-state index is -0.252. The van der Waals surface area contributed by atoms with Crippen LogP contribution in [0.5, 0.6) is 5.75 Å². The van der Waals surface area contributed by atoms with Crippen LogP contribution in [-0.4, -0.2) is 7.11 Å². The summed E-state index contributed by atoms with van der Waals surface area (Å²) in [5.41, 5.74) is 6.26. The molecule has 0 spiro atoms. The fraction of sp³-hybridized carbons (Fsp3) is 0.111. The first-order valence-corrected chi connectivity index (χ1v) is 4.61. The summed E-state index contributed by atoms with van der Waals surface area (Å²) in [5, 5.41) is 2.43. The van der Waals surface area contributed by atoms with E-state index in [0.717, 1.165) is 0 Å². The Balaban J connectivity index is 2.87. The molecule has 0 fully saturated rings. The third-order valence-corrected chi connectivity index (χ3v) is 2.86. The van der Waals surface area contributed by atoms with E-state index in [1.807, 2.05) is 0 Å². The van der Waals surface area contributed by atoms with Gasteiger partial charge in [-0.15, -0.1) is 11.3 Å². The standard InChI is InChI=1S/C9H8FNOS/c1-12-7-4-13-9-5(10)2-3-6(11)8(7)9/h2-4H,11H2,1H3. The van der Waals surface area contributed by atoms with Crippen LogP contribution in [0.4, 0.5) is 10.1 Å². The highest BCUT2D eigenvalue weighted by Crippen LogP contribution is 2.37. The Bertz CT molecular complexity index is 452. The lowest BCUT2D eigenvalue weighted by Gasteiger charge is -2.00. The van der Waals surface area contributed by atoms with Gasteiger partial charge in [-0.1, -0.05) is 0 Å². The molecule has 2 N–H and O–H groups in total. The zero-order valence-electron chi connectivity index (χ0n) is 7.00. The van der Waals surface area contributed by atoms with Crippen molar-refractivity contribution in [3.8, 4) is 5.75 Å². The number of nitrogen functional groups attached to an aromatic ring is 1. The van der Waals surface area contributed by atoms with Gasteiger partial charge in [-0.05, 0) is 12.1 Å². The van der Waals surface area contributed by atoms with E-state index in [1.54, 1.807) is 18.6 Å². The predicted molar refractivity (Wildman–Crippen MR) is 52.7 cm³/mol. The lowest BCUT2D eigenvalue weighted by atomic mass is 10.2. The van der Waals surface area contributed by atoms with Crippen molar-refractivity contribution in [1.82, 2.24) is 0 Å². The summed E-state index contributed by atoms with van der Waals surface area (Å²) in [6.45, 7) is 0. The van der Waals surface area contributed by atoms with Crippen LogP contribution in [0.2, 0.25) is 0 Å². The van der Waals surface area contributed by atoms with Gasteiger partial charge < -0.3 is 10.5 Å². The molecule has 13 heavy (non-hydrogen) atoms. The maximum absolute atomic E-state index is 13.2. The van der Waals surface area contributed by atoms with Crippen molar-refractivity contribution in [3.63, 3.8) is 0 Å². The summed E-state index contributed by atoms with van der Waals surface area (Å²) in [6, 6.07) is 2.92. The Labute approximate surface area is 78.7 Å². The van der Waals surface area contributed by atoms with Crippen LogP contribution in [0, 0.1) is 5.82 Å². The monoisotopic (exact) mass is 197 g/mol. The number of benzene rings is 1. The van der Waals surface area contributed by atoms with Gasteiger partial charge in [0.15, 0.2) is 0 Å². The fourth-order valence-corrected chi connectivity index (χ4v) is 2.22. The molecule has 2 aromatic rings. The van der Waals surface area contributed by atoms with Gasteiger partial charge in [-0.3, -0.25) is 0 Å². The van der Waals surface area contributed by atoms with E-state index in [-0.39, 0.29) is 5.82 Å². The number of ether oxygens (including phenoxy) is 1. The van der Waals surface area contributed by atoms with Crippen molar-refractivity contribution >= 4 is 27.1 Å². The van der Waals surface area contributed by atoms with Crippen LogP contribution in [-0.2, 0) is 0 Å². The molecule has 2 rings (SSSR count). The van der Waals surface area contributed by atoms with E-state index in [9.17, 15) is 4.39 Å². The van der Waals surface area contributed by atoms with Crippen LogP contribution in [0.15, 0.2) is 17.5 Å². The van der Waals surface area contributed by atoms with Gasteiger partial charge in [0.2, 0.25) is 0 Å². The summed E-state index contributed by atoms with van der Waals surface area (Å²) >= 11 is 1.30. The first-order chi connectivity index (χ1) is 6.24. The minimum absolute atomic E-state index is 0.252. The number of methoxy groups -OCH3 is 1. The lowest BCUT2D eigenvalue weighted by Crippen LogP contribution is -1.88. The highest BCUT2D eigenvalue weighted by Gasteiger charge is 2.10. The number of anilines is 1. The Morgan fingerprint density at radius 3 is 2.92 bits per heavy atom. The van der Waals surface area contributed by atoms with E-state index < -0.39 is 0 Å². The molecule has 1 aromatic heterocycles. The van der Waals surface area contributed by atoms with E-state index in [2.05, 4.69) is 0 Å². The van der Waals surface area contributed by atoms with Crippen molar-refractivity contribution in [2.75, 3.05) is 12.8 Å². The molecule has 0 aliphatic carbocycles. The van der Waals surface area contributed by atoms with Gasteiger partial charge in [-0.2, -0.15) is 0 Å². The van der Waals surface area contributed by atoms with E-state index >= 15 is 0 Å². The molecule has 0 bridgehead atoms. The van der Waals surface area contributed by atoms with Crippen LogP contribution < -0.4 is 10.5 Å². The van der Waals surface area contributed by atoms with E-state index in [4.69, 9.17) is 10.5 Å². The van der Waals surface area contributed by atoms with Gasteiger partial charge >= 0.3 is 0 Å². The zero-order valence-corrected chi connectivity index (χ0v) is 7.82. The first-order valence-electron chi connectivity index (χ1n) is 3.73. The first kappa shape index (κ1) is 8.31. The highest BCUT2D eigenvalue weighted by molar-refractivity contribution is 7.17. The lowest BCUT2D eigenvalue weighted by molar-refractivity contribution is 0.421. The summed E-state index contributed by atoms with van der Waals surface area (Å²) in [7, 11) is 1.55. The number of hydrogen-bond donors (Lipinski definition) is 1. The maximum atomic E-state index is 13.2. The fourth-order valence-electron chi connectivity index (χ4n) is 1.26. The molecule has 0 aliphatic rings. The molecule has 68 valence electrons. The summed E-state index contributed by atoms with van der Waals surface area (Å²) in [4.78, 5) is 0. The Morgan fingerprint density at radius 2 is 2.23 bits per heavy atom. The molecule has 1 heterocycles. The second kappa shape index (κ2) is 2.88. The molecule has 0 saturated carbocycles. The Kier molecular flexibility index (Phi) is 1.84. The second-order valence-corrected chi connectivity index (χ2v) is 3.52. The number of hydrogen-bond acceptors (Lipinski definition) is 3. The third-order valence-electron chi connectivity index (χ3n) is 1.89. The normalized spacial score (nSPS) is 10.6. The van der Waals surface area contributed by atoms with Crippen molar-refractivity contribution < 1.29 is 9.13 Å². The van der Waals surface area contributed by atoms with E-state index in [1.165, 1.54) is 17.4 Å². The average molecular weight is 197 g/mol. The molecule has 0 aliphatic heterocycles. The predicted octanol–water partition coefficient (Wildman–Crippen LogP) is 2.63. The number of rotatable bonds is 1. The molecule has 0 saturated heterocycles. The molecule has 0 radical (unpaired) electrons. The number of nitrogens with two attached hydrogens (primary N) is 1. The minimum Gasteiger partial charge on any atom is -0.495 e. The summed E-state index contributed by atoms with van der Waals surface area (Å²) in [5.74, 6) is 0.384. The molecule has 0 amide bonds. The van der Waals surface area contributed by atoms with Crippen LogP contribution in [0.3, 0.4) is 0 Å². The van der Waals surface area contributed by atoms with Crippen molar-refractivity contribution in [1.29, 1.82) is 0 Å². The highest BCUT2D eigenvalue weighted by atomic mass is 32.1. The van der Waals surface area contributed by atoms with Gasteiger partial charge in [0, 0.05) is 11.1 Å². The number of fused-ring (bicyclic) bond motifs is 1. The summed E-state index contributed by atoms with van der Waals surface area (Å²) < 4.78 is 18.8.